The first-order valence-electron chi connectivity index (χ1n) is 6.79. The van der Waals surface area contributed by atoms with E-state index in [-0.39, 0.29) is 29.9 Å². The molecular weight excluding hydrogens is 309 g/mol. The average molecular weight is 321 g/mol. The van der Waals surface area contributed by atoms with E-state index in [9.17, 15) is 24.1 Å². The van der Waals surface area contributed by atoms with E-state index in [4.69, 9.17) is 5.11 Å². The second-order valence-electron chi connectivity index (χ2n) is 5.43. The van der Waals surface area contributed by atoms with Crippen molar-refractivity contribution in [2.45, 2.75) is 12.1 Å². The number of aromatic nitrogens is 1. The van der Waals surface area contributed by atoms with E-state index >= 15 is 0 Å². The number of carbonyl (C=O) groups is 2. The van der Waals surface area contributed by atoms with Crippen molar-refractivity contribution in [1.29, 1.82) is 0 Å². The third-order valence-corrected chi connectivity index (χ3v) is 3.95. The largest absolute Gasteiger partial charge is 0.479 e. The van der Waals surface area contributed by atoms with Crippen LogP contribution in [-0.4, -0.2) is 50.5 Å². The molecule has 8 nitrogen and oxygen atoms in total. The molecular formula is C14H12FN3O5. The second-order valence-corrected chi connectivity index (χ2v) is 5.43. The number of hydrogen-bond acceptors (Lipinski definition) is 4. The summed E-state index contributed by atoms with van der Waals surface area (Å²) in [5, 5.41) is 20.3. The summed E-state index contributed by atoms with van der Waals surface area (Å²) in [5.41, 5.74) is -2.37. The van der Waals surface area contributed by atoms with Crippen LogP contribution in [0.4, 0.5) is 10.1 Å². The van der Waals surface area contributed by atoms with Crippen molar-refractivity contribution in [2.75, 3.05) is 13.1 Å². The highest BCUT2D eigenvalue weighted by Crippen LogP contribution is 2.29. The number of fused-ring (bicyclic) bond motifs is 1. The minimum atomic E-state index is -2.45. The number of aromatic amines is 1. The third kappa shape index (κ3) is 2.39. The lowest BCUT2D eigenvalue weighted by atomic mass is 10.1. The number of halogens is 1. The molecule has 9 heteroatoms. The SMILES string of the molecule is O=C(c1cc2cccc([N+](=O)[O-])c2[nH]1)N1CCC(F)(C(=O)O)C1. The standard InChI is InChI=1S/C14H12FN3O5/c15-14(13(20)21)4-5-17(7-14)12(19)9-6-8-2-1-3-10(18(22)23)11(8)16-9/h1-3,6,16H,4-5,7H2,(H,20,21). The molecule has 1 atom stereocenters. The highest BCUT2D eigenvalue weighted by molar-refractivity contribution is 6.00. The monoisotopic (exact) mass is 321 g/mol. The molecule has 1 saturated heterocycles. The van der Waals surface area contributed by atoms with Gasteiger partial charge in [0.15, 0.2) is 0 Å². The number of para-hydroxylation sites is 1. The van der Waals surface area contributed by atoms with Crippen molar-refractivity contribution in [3.8, 4) is 0 Å². The molecule has 2 aromatic rings. The predicted molar refractivity (Wildman–Crippen MR) is 76.9 cm³/mol. The maximum Gasteiger partial charge on any atom is 0.343 e. The number of nitro groups is 1. The summed E-state index contributed by atoms with van der Waals surface area (Å²) in [6, 6.07) is 5.84. The van der Waals surface area contributed by atoms with Crippen molar-refractivity contribution in [3.05, 3.63) is 40.1 Å². The number of benzene rings is 1. The first-order chi connectivity index (χ1) is 10.8. The van der Waals surface area contributed by atoms with Crippen LogP contribution in [0.1, 0.15) is 16.9 Å². The molecule has 0 radical (unpaired) electrons. The van der Waals surface area contributed by atoms with E-state index in [2.05, 4.69) is 4.98 Å². The van der Waals surface area contributed by atoms with Crippen LogP contribution in [0.5, 0.6) is 0 Å². The van der Waals surface area contributed by atoms with Crippen LogP contribution < -0.4 is 0 Å². The van der Waals surface area contributed by atoms with Crippen LogP contribution in [0.25, 0.3) is 10.9 Å². The minimum absolute atomic E-state index is 0.0287. The Morgan fingerprint density at radius 3 is 2.78 bits per heavy atom. The van der Waals surface area contributed by atoms with E-state index in [0.29, 0.717) is 5.39 Å². The molecule has 23 heavy (non-hydrogen) atoms. The van der Waals surface area contributed by atoms with Gasteiger partial charge in [-0.15, -0.1) is 0 Å². The molecule has 1 aliphatic heterocycles. The molecule has 0 spiro atoms. The van der Waals surface area contributed by atoms with Gasteiger partial charge in [0, 0.05) is 24.4 Å². The number of nitro benzene ring substituents is 1. The molecule has 1 amide bonds. The molecule has 3 rings (SSSR count). The Bertz CT molecular complexity index is 833. The molecule has 2 N–H and O–H groups in total. The number of carboxylic acid groups (broad SMARTS) is 1. The Kier molecular flexibility index (Phi) is 3.28. The maximum absolute atomic E-state index is 14.0. The Balaban J connectivity index is 1.92. The summed E-state index contributed by atoms with van der Waals surface area (Å²) in [4.78, 5) is 37.4. The molecule has 1 aromatic carbocycles. The summed E-state index contributed by atoms with van der Waals surface area (Å²) in [5.74, 6) is -2.18. The van der Waals surface area contributed by atoms with Gasteiger partial charge in [0.25, 0.3) is 11.6 Å². The number of aliphatic carboxylic acids is 1. The van der Waals surface area contributed by atoms with Crippen LogP contribution in [0.15, 0.2) is 24.3 Å². The number of H-pyrrole nitrogens is 1. The first-order valence-corrected chi connectivity index (χ1v) is 6.79. The lowest BCUT2D eigenvalue weighted by Gasteiger charge is -2.16. The number of hydrogen-bond donors (Lipinski definition) is 2. The number of non-ortho nitro benzene ring substituents is 1. The fourth-order valence-electron chi connectivity index (χ4n) is 2.70. The Labute approximate surface area is 128 Å². The summed E-state index contributed by atoms with van der Waals surface area (Å²) in [6.45, 7) is -0.572. The lowest BCUT2D eigenvalue weighted by molar-refractivity contribution is -0.383. The normalized spacial score (nSPS) is 20.8. The van der Waals surface area contributed by atoms with E-state index in [0.717, 1.165) is 4.90 Å². The van der Waals surface area contributed by atoms with Crippen LogP contribution in [0, 0.1) is 10.1 Å². The van der Waals surface area contributed by atoms with Gasteiger partial charge in [-0.05, 0) is 6.07 Å². The topological polar surface area (TPSA) is 117 Å². The van der Waals surface area contributed by atoms with Gasteiger partial charge < -0.3 is 15.0 Å². The van der Waals surface area contributed by atoms with Gasteiger partial charge in [-0.3, -0.25) is 14.9 Å². The van der Waals surface area contributed by atoms with Gasteiger partial charge in [-0.2, -0.15) is 0 Å². The fourth-order valence-corrected chi connectivity index (χ4v) is 2.70. The highest BCUT2D eigenvalue weighted by atomic mass is 19.1. The lowest BCUT2D eigenvalue weighted by Crippen LogP contribution is -2.39. The second kappa shape index (κ2) is 5.04. The van der Waals surface area contributed by atoms with Crippen molar-refractivity contribution in [1.82, 2.24) is 9.88 Å². The van der Waals surface area contributed by atoms with Gasteiger partial charge >= 0.3 is 5.97 Å². The van der Waals surface area contributed by atoms with Gasteiger partial charge in [-0.25, -0.2) is 9.18 Å². The van der Waals surface area contributed by atoms with Gasteiger partial charge in [0.1, 0.15) is 11.2 Å². The van der Waals surface area contributed by atoms with Crippen LogP contribution >= 0.6 is 0 Å². The quantitative estimate of drug-likeness (QED) is 0.659. The summed E-state index contributed by atoms with van der Waals surface area (Å²) in [7, 11) is 0. The zero-order valence-electron chi connectivity index (χ0n) is 11.8. The third-order valence-electron chi connectivity index (χ3n) is 3.95. The minimum Gasteiger partial charge on any atom is -0.479 e. The first kappa shape index (κ1) is 14.9. The van der Waals surface area contributed by atoms with Crippen molar-refractivity contribution in [2.24, 2.45) is 0 Å². The number of nitrogens with zero attached hydrogens (tertiary/aromatic N) is 2. The maximum atomic E-state index is 14.0. The Hall–Kier alpha value is -2.97. The zero-order valence-corrected chi connectivity index (χ0v) is 11.8. The van der Waals surface area contributed by atoms with E-state index in [1.165, 1.54) is 18.2 Å². The summed E-state index contributed by atoms with van der Waals surface area (Å²) in [6.07, 6.45) is -0.283. The molecule has 1 fully saturated rings. The smallest absolute Gasteiger partial charge is 0.343 e. The molecule has 0 bridgehead atoms. The van der Waals surface area contributed by atoms with Crippen molar-refractivity contribution in [3.63, 3.8) is 0 Å². The van der Waals surface area contributed by atoms with E-state index < -0.39 is 29.0 Å². The molecule has 0 aliphatic carbocycles. The number of carbonyl (C=O) groups excluding carboxylic acids is 1. The summed E-state index contributed by atoms with van der Waals surface area (Å²) < 4.78 is 14.0. The van der Waals surface area contributed by atoms with E-state index in [1.807, 2.05) is 0 Å². The average Bonchev–Trinajstić information content (AvgIpc) is 3.10. The molecule has 120 valence electrons. The molecule has 1 unspecified atom stereocenters. The number of alkyl halides is 1. The Morgan fingerprint density at radius 1 is 1.43 bits per heavy atom. The van der Waals surface area contributed by atoms with Gasteiger partial charge in [0.2, 0.25) is 5.67 Å². The summed E-state index contributed by atoms with van der Waals surface area (Å²) >= 11 is 0. The molecule has 1 aromatic heterocycles. The molecule has 2 heterocycles. The van der Waals surface area contributed by atoms with Crippen LogP contribution in [-0.2, 0) is 4.79 Å². The number of amides is 1. The van der Waals surface area contributed by atoms with Gasteiger partial charge in [0.05, 0.1) is 11.5 Å². The van der Waals surface area contributed by atoms with Crippen LogP contribution in [0.2, 0.25) is 0 Å². The Morgan fingerprint density at radius 2 is 2.17 bits per heavy atom. The number of rotatable bonds is 3. The van der Waals surface area contributed by atoms with E-state index in [1.54, 1.807) is 6.07 Å². The predicted octanol–water partition coefficient (Wildman–Crippen LogP) is 1.71. The van der Waals surface area contributed by atoms with Crippen LogP contribution in [0.3, 0.4) is 0 Å². The number of carboxylic acids is 1. The number of nitrogens with one attached hydrogen (secondary N) is 1. The molecule has 0 saturated carbocycles. The number of likely N-dealkylation sites (tertiary alicyclic amines) is 1. The highest BCUT2D eigenvalue weighted by Gasteiger charge is 2.47. The fraction of sp³-hybridized carbons (Fsp3) is 0.286. The van der Waals surface area contributed by atoms with Gasteiger partial charge in [-0.1, -0.05) is 12.1 Å². The van der Waals surface area contributed by atoms with Crippen molar-refractivity contribution >= 4 is 28.5 Å². The van der Waals surface area contributed by atoms with Crippen molar-refractivity contribution < 1.29 is 24.0 Å². The zero-order chi connectivity index (χ0) is 16.8. The molecule has 1 aliphatic rings.